The SMILES string of the molecule is CNC(=O)c1c2n(c(C)cc1=O)-c1ccc(Cl)cc1SC(c1ccccc1F)C2. The molecule has 0 saturated carbocycles. The van der Waals surface area contributed by atoms with Gasteiger partial charge >= 0.3 is 0 Å². The molecule has 4 nitrogen and oxygen atoms in total. The van der Waals surface area contributed by atoms with Gasteiger partial charge in [0, 0.05) is 51.7 Å². The van der Waals surface area contributed by atoms with Crippen molar-refractivity contribution < 1.29 is 9.18 Å². The fraction of sp³-hybridized carbons (Fsp3) is 0.182. The Bertz CT molecular complexity index is 1190. The largest absolute Gasteiger partial charge is 0.355 e. The molecule has 0 saturated heterocycles. The Balaban J connectivity index is 2.05. The number of hydrogen-bond acceptors (Lipinski definition) is 3. The number of nitrogens with one attached hydrogen (secondary N) is 1. The van der Waals surface area contributed by atoms with Gasteiger partial charge in [0.05, 0.1) is 5.69 Å². The summed E-state index contributed by atoms with van der Waals surface area (Å²) in [7, 11) is 1.49. The summed E-state index contributed by atoms with van der Waals surface area (Å²) >= 11 is 7.72. The first-order valence-electron chi connectivity index (χ1n) is 9.09. The Kier molecular flexibility index (Phi) is 5.23. The highest BCUT2D eigenvalue weighted by Gasteiger charge is 2.30. The highest BCUT2D eigenvalue weighted by molar-refractivity contribution is 7.99. The molecule has 2 heterocycles. The molecule has 1 amide bonds. The van der Waals surface area contributed by atoms with Gasteiger partial charge in [-0.15, -0.1) is 11.8 Å². The lowest BCUT2D eigenvalue weighted by Crippen LogP contribution is -2.30. The molecule has 4 rings (SSSR count). The van der Waals surface area contributed by atoms with Gasteiger partial charge in [0.15, 0.2) is 5.43 Å². The van der Waals surface area contributed by atoms with Crippen LogP contribution in [-0.2, 0) is 6.42 Å². The van der Waals surface area contributed by atoms with Crippen molar-refractivity contribution in [2.24, 2.45) is 0 Å². The number of carbonyl (C=O) groups excluding carboxylic acids is 1. The summed E-state index contributed by atoms with van der Waals surface area (Å²) in [5, 5.41) is 2.80. The van der Waals surface area contributed by atoms with Crippen LogP contribution in [0.15, 0.2) is 58.2 Å². The summed E-state index contributed by atoms with van der Waals surface area (Å²) in [5.74, 6) is -0.771. The van der Waals surface area contributed by atoms with Crippen LogP contribution in [0.5, 0.6) is 0 Å². The number of aromatic nitrogens is 1. The minimum Gasteiger partial charge on any atom is -0.355 e. The number of aryl methyl sites for hydroxylation is 1. The summed E-state index contributed by atoms with van der Waals surface area (Å²) in [4.78, 5) is 26.2. The van der Waals surface area contributed by atoms with E-state index in [-0.39, 0.29) is 22.1 Å². The van der Waals surface area contributed by atoms with E-state index in [1.54, 1.807) is 24.3 Å². The maximum absolute atomic E-state index is 14.6. The quantitative estimate of drug-likeness (QED) is 0.644. The van der Waals surface area contributed by atoms with E-state index >= 15 is 0 Å². The van der Waals surface area contributed by atoms with Crippen LogP contribution in [0.4, 0.5) is 4.39 Å². The second kappa shape index (κ2) is 7.69. The Morgan fingerprint density at radius 2 is 2.00 bits per heavy atom. The van der Waals surface area contributed by atoms with Crippen molar-refractivity contribution >= 4 is 29.3 Å². The van der Waals surface area contributed by atoms with Gasteiger partial charge in [-0.05, 0) is 31.2 Å². The van der Waals surface area contributed by atoms with E-state index in [4.69, 9.17) is 11.6 Å². The van der Waals surface area contributed by atoms with E-state index < -0.39 is 5.91 Å². The van der Waals surface area contributed by atoms with Gasteiger partial charge in [0.25, 0.3) is 5.91 Å². The number of carbonyl (C=O) groups is 1. The molecule has 0 bridgehead atoms. The molecule has 1 atom stereocenters. The molecule has 0 spiro atoms. The summed E-state index contributed by atoms with van der Waals surface area (Å²) in [6.07, 6.45) is 0.317. The van der Waals surface area contributed by atoms with E-state index in [9.17, 15) is 14.0 Å². The van der Waals surface area contributed by atoms with Crippen LogP contribution in [0.1, 0.15) is 32.6 Å². The number of fused-ring (bicyclic) bond motifs is 3. The van der Waals surface area contributed by atoms with Gasteiger partial charge < -0.3 is 9.88 Å². The van der Waals surface area contributed by atoms with Crippen LogP contribution in [-0.4, -0.2) is 17.5 Å². The highest BCUT2D eigenvalue weighted by Crippen LogP contribution is 2.45. The van der Waals surface area contributed by atoms with Gasteiger partial charge in [0.2, 0.25) is 0 Å². The predicted molar refractivity (Wildman–Crippen MR) is 114 cm³/mol. The van der Waals surface area contributed by atoms with Crippen molar-refractivity contribution in [1.29, 1.82) is 0 Å². The summed E-state index contributed by atoms with van der Waals surface area (Å²) in [6, 6.07) is 13.5. The second-order valence-electron chi connectivity index (χ2n) is 6.83. The predicted octanol–water partition coefficient (Wildman–Crippen LogP) is 4.69. The molecule has 148 valence electrons. The number of halogens is 2. The molecule has 29 heavy (non-hydrogen) atoms. The van der Waals surface area contributed by atoms with E-state index in [1.165, 1.54) is 30.9 Å². The molecule has 1 aliphatic rings. The molecular weight excluding hydrogens is 411 g/mol. The van der Waals surface area contributed by atoms with Crippen molar-refractivity contribution in [2.75, 3.05) is 7.05 Å². The number of nitrogens with zero attached hydrogens (tertiary/aromatic N) is 1. The molecular formula is C22H18ClFN2O2S. The Morgan fingerprint density at radius 3 is 2.72 bits per heavy atom. The molecule has 7 heteroatoms. The zero-order valence-electron chi connectivity index (χ0n) is 15.8. The minimum atomic E-state index is -0.451. The summed E-state index contributed by atoms with van der Waals surface area (Å²) in [6.45, 7) is 1.82. The normalized spacial score (nSPS) is 15.2. The third-order valence-electron chi connectivity index (χ3n) is 5.01. The van der Waals surface area contributed by atoms with E-state index in [1.807, 2.05) is 23.6 Å². The van der Waals surface area contributed by atoms with Crippen molar-refractivity contribution in [1.82, 2.24) is 9.88 Å². The molecule has 0 fully saturated rings. The number of hydrogen-bond donors (Lipinski definition) is 1. The molecule has 1 N–H and O–H groups in total. The summed E-state index contributed by atoms with van der Waals surface area (Å²) < 4.78 is 16.5. The van der Waals surface area contributed by atoms with Gasteiger partial charge in [-0.1, -0.05) is 29.8 Å². The van der Waals surface area contributed by atoms with E-state index in [0.717, 1.165) is 10.6 Å². The highest BCUT2D eigenvalue weighted by atomic mass is 35.5. The first-order valence-corrected chi connectivity index (χ1v) is 10.3. The maximum Gasteiger partial charge on any atom is 0.256 e. The van der Waals surface area contributed by atoms with Crippen molar-refractivity contribution in [2.45, 2.75) is 23.5 Å². The zero-order valence-corrected chi connectivity index (χ0v) is 17.4. The number of pyridine rings is 1. The first kappa shape index (κ1) is 19.7. The summed E-state index contributed by atoms with van der Waals surface area (Å²) in [5.41, 5.74) is 2.35. The molecule has 3 aromatic rings. The smallest absolute Gasteiger partial charge is 0.256 e. The Hall–Kier alpha value is -2.57. The number of amides is 1. The van der Waals surface area contributed by atoms with E-state index in [2.05, 4.69) is 5.32 Å². The first-order chi connectivity index (χ1) is 13.9. The lowest BCUT2D eigenvalue weighted by atomic mass is 10.0. The second-order valence-corrected chi connectivity index (χ2v) is 8.51. The standard InChI is InChI=1S/C22H18ClFN2O2S/c1-12-9-18(27)21(22(28)25-2)17-11-19(14-5-3-4-6-15(14)24)29-20-10-13(23)7-8-16(20)26(12)17/h3-10,19H,11H2,1-2H3,(H,25,28). The topological polar surface area (TPSA) is 51.1 Å². The van der Waals surface area contributed by atoms with Gasteiger partial charge in [0.1, 0.15) is 11.4 Å². The molecule has 0 aliphatic carbocycles. The monoisotopic (exact) mass is 428 g/mol. The average Bonchev–Trinajstić information content (AvgIpc) is 2.84. The van der Waals surface area contributed by atoms with Gasteiger partial charge in [-0.3, -0.25) is 9.59 Å². The molecule has 1 aliphatic heterocycles. The van der Waals surface area contributed by atoms with Crippen LogP contribution < -0.4 is 10.7 Å². The third-order valence-corrected chi connectivity index (χ3v) is 6.54. The lowest BCUT2D eigenvalue weighted by molar-refractivity contribution is 0.0960. The minimum absolute atomic E-state index is 0.0860. The van der Waals surface area contributed by atoms with Crippen LogP contribution in [0, 0.1) is 12.7 Å². The van der Waals surface area contributed by atoms with Crippen LogP contribution in [0.25, 0.3) is 5.69 Å². The number of thioether (sulfide) groups is 1. The fourth-order valence-electron chi connectivity index (χ4n) is 3.74. The van der Waals surface area contributed by atoms with Crippen molar-refractivity contribution in [3.8, 4) is 5.69 Å². The Morgan fingerprint density at radius 1 is 1.24 bits per heavy atom. The van der Waals surface area contributed by atoms with Gasteiger partial charge in [-0.2, -0.15) is 0 Å². The van der Waals surface area contributed by atoms with E-state index in [0.29, 0.717) is 28.4 Å². The fourth-order valence-corrected chi connectivity index (χ4v) is 5.32. The molecule has 2 aromatic carbocycles. The number of rotatable bonds is 2. The number of benzene rings is 2. The maximum atomic E-state index is 14.6. The third kappa shape index (κ3) is 3.47. The zero-order chi connectivity index (χ0) is 20.7. The average molecular weight is 429 g/mol. The molecule has 1 unspecified atom stereocenters. The molecule has 1 aromatic heterocycles. The van der Waals surface area contributed by atoms with Crippen molar-refractivity contribution in [3.05, 3.63) is 92.1 Å². The van der Waals surface area contributed by atoms with Crippen LogP contribution >= 0.6 is 23.4 Å². The van der Waals surface area contributed by atoms with Gasteiger partial charge in [-0.25, -0.2) is 4.39 Å². The Labute approximate surface area is 176 Å². The molecule has 0 radical (unpaired) electrons. The van der Waals surface area contributed by atoms with Crippen LogP contribution in [0.3, 0.4) is 0 Å². The van der Waals surface area contributed by atoms with Crippen LogP contribution in [0.2, 0.25) is 5.02 Å². The van der Waals surface area contributed by atoms with Crippen molar-refractivity contribution in [3.63, 3.8) is 0 Å². The lowest BCUT2D eigenvalue weighted by Gasteiger charge is -2.20.